The number of likely N-dealkylation sites (tertiary alicyclic amines) is 1. The number of amides is 2. The number of carbonyl (C=O) groups is 2. The molecule has 1 fully saturated rings. The maximum atomic E-state index is 12.9. The lowest BCUT2D eigenvalue weighted by Crippen LogP contribution is -2.51. The molecule has 5 nitrogen and oxygen atoms in total. The summed E-state index contributed by atoms with van der Waals surface area (Å²) in [5.74, 6) is 0.601. The highest BCUT2D eigenvalue weighted by Crippen LogP contribution is 2.15. The Hall–Kier alpha value is -2.04. The van der Waals surface area contributed by atoms with Crippen LogP contribution >= 0.6 is 0 Å². The average molecular weight is 346 g/mol. The number of benzene rings is 1. The van der Waals surface area contributed by atoms with Gasteiger partial charge in [-0.15, -0.1) is 0 Å². The van der Waals surface area contributed by atoms with E-state index in [9.17, 15) is 9.59 Å². The highest BCUT2D eigenvalue weighted by molar-refractivity contribution is 5.97. The predicted molar refractivity (Wildman–Crippen MR) is 98.8 cm³/mol. The minimum atomic E-state index is -0.489. The van der Waals surface area contributed by atoms with E-state index in [1.807, 2.05) is 25.7 Å². The Bertz CT molecular complexity index is 561. The van der Waals surface area contributed by atoms with Crippen molar-refractivity contribution in [3.05, 3.63) is 29.8 Å². The van der Waals surface area contributed by atoms with Crippen molar-refractivity contribution in [1.82, 2.24) is 10.2 Å². The molecule has 25 heavy (non-hydrogen) atoms. The fraction of sp³-hybridized carbons (Fsp3) is 0.600. The molecule has 0 bridgehead atoms. The average Bonchev–Trinajstić information content (AvgIpc) is 2.89. The van der Waals surface area contributed by atoms with Crippen LogP contribution in [0, 0.1) is 5.92 Å². The fourth-order valence-electron chi connectivity index (χ4n) is 3.10. The fourth-order valence-corrected chi connectivity index (χ4v) is 3.10. The largest absolute Gasteiger partial charge is 0.494 e. The molecule has 1 N–H and O–H groups in total. The van der Waals surface area contributed by atoms with Crippen molar-refractivity contribution in [2.24, 2.45) is 5.92 Å². The second-order valence-corrected chi connectivity index (χ2v) is 6.89. The van der Waals surface area contributed by atoms with E-state index >= 15 is 0 Å². The van der Waals surface area contributed by atoms with Crippen molar-refractivity contribution in [3.63, 3.8) is 0 Å². The van der Waals surface area contributed by atoms with Crippen LogP contribution in [0.4, 0.5) is 0 Å². The van der Waals surface area contributed by atoms with Crippen LogP contribution in [-0.2, 0) is 4.79 Å². The molecule has 0 aromatic heterocycles. The van der Waals surface area contributed by atoms with E-state index in [2.05, 4.69) is 5.32 Å². The highest BCUT2D eigenvalue weighted by atomic mass is 16.5. The van der Waals surface area contributed by atoms with Gasteiger partial charge in [-0.05, 0) is 49.9 Å². The van der Waals surface area contributed by atoms with E-state index in [0.29, 0.717) is 12.2 Å². The molecule has 1 aromatic rings. The van der Waals surface area contributed by atoms with Gasteiger partial charge in [0.2, 0.25) is 5.91 Å². The maximum Gasteiger partial charge on any atom is 0.251 e. The highest BCUT2D eigenvalue weighted by Gasteiger charge is 2.29. The second kappa shape index (κ2) is 9.44. The molecule has 138 valence electrons. The molecule has 2 rings (SSSR count). The Labute approximate surface area is 150 Å². The first-order valence-corrected chi connectivity index (χ1v) is 9.35. The number of hydrogen-bond donors (Lipinski definition) is 1. The van der Waals surface area contributed by atoms with Crippen molar-refractivity contribution in [2.45, 2.75) is 52.5 Å². The summed E-state index contributed by atoms with van der Waals surface area (Å²) in [5.41, 5.74) is 0.540. The molecule has 5 heteroatoms. The van der Waals surface area contributed by atoms with Crippen molar-refractivity contribution in [2.75, 3.05) is 19.7 Å². The van der Waals surface area contributed by atoms with Crippen LogP contribution in [0.5, 0.6) is 5.75 Å². The second-order valence-electron chi connectivity index (χ2n) is 6.89. The summed E-state index contributed by atoms with van der Waals surface area (Å²) < 4.78 is 5.40. The summed E-state index contributed by atoms with van der Waals surface area (Å²) >= 11 is 0. The summed E-state index contributed by atoms with van der Waals surface area (Å²) in [6.07, 6.45) is 4.44. The Kier molecular flexibility index (Phi) is 7.29. The number of nitrogens with zero attached hydrogens (tertiary/aromatic N) is 1. The number of ether oxygens (including phenoxy) is 1. The molecule has 0 spiro atoms. The molecule has 1 unspecified atom stereocenters. The van der Waals surface area contributed by atoms with Crippen LogP contribution in [0.1, 0.15) is 56.8 Å². The predicted octanol–water partition coefficient (Wildman–Crippen LogP) is 3.24. The van der Waals surface area contributed by atoms with Gasteiger partial charge in [-0.25, -0.2) is 0 Å². The van der Waals surface area contributed by atoms with Crippen molar-refractivity contribution >= 4 is 11.8 Å². The topological polar surface area (TPSA) is 58.6 Å². The molecule has 0 radical (unpaired) electrons. The van der Waals surface area contributed by atoms with Crippen LogP contribution in [0.2, 0.25) is 0 Å². The lowest BCUT2D eigenvalue weighted by Gasteiger charge is -2.29. The minimum Gasteiger partial charge on any atom is -0.494 e. The standard InChI is InChI=1S/C20H30N2O3/c1-4-25-17-11-9-16(10-12-17)19(23)21-18(15(2)3)20(24)22-13-7-5-6-8-14-22/h9-12,15,18H,4-8,13-14H2,1-3H3,(H,21,23). The van der Waals surface area contributed by atoms with E-state index in [1.165, 1.54) is 12.8 Å². The summed E-state index contributed by atoms with van der Waals surface area (Å²) in [7, 11) is 0. The first-order valence-electron chi connectivity index (χ1n) is 9.35. The van der Waals surface area contributed by atoms with E-state index < -0.39 is 6.04 Å². The van der Waals surface area contributed by atoms with Gasteiger partial charge in [-0.1, -0.05) is 26.7 Å². The quantitative estimate of drug-likeness (QED) is 0.860. The van der Waals surface area contributed by atoms with Gasteiger partial charge >= 0.3 is 0 Å². The van der Waals surface area contributed by atoms with E-state index in [0.717, 1.165) is 31.7 Å². The lowest BCUT2D eigenvalue weighted by molar-refractivity contribution is -0.134. The molecule has 1 aliphatic rings. The normalized spacial score (nSPS) is 16.2. The molecular weight excluding hydrogens is 316 g/mol. The van der Waals surface area contributed by atoms with Crippen LogP contribution < -0.4 is 10.1 Å². The zero-order chi connectivity index (χ0) is 18.2. The molecule has 0 aliphatic carbocycles. The molecule has 1 saturated heterocycles. The molecule has 0 saturated carbocycles. The van der Waals surface area contributed by atoms with E-state index in [1.54, 1.807) is 24.3 Å². The third-order valence-electron chi connectivity index (χ3n) is 4.56. The Morgan fingerprint density at radius 1 is 1.08 bits per heavy atom. The molecule has 2 amide bonds. The van der Waals surface area contributed by atoms with Crippen molar-refractivity contribution in [1.29, 1.82) is 0 Å². The van der Waals surface area contributed by atoms with Crippen LogP contribution in [0.15, 0.2) is 24.3 Å². The zero-order valence-electron chi connectivity index (χ0n) is 15.6. The Balaban J connectivity index is 2.04. The summed E-state index contributed by atoms with van der Waals surface area (Å²) in [6.45, 7) is 8.03. The number of nitrogens with one attached hydrogen (secondary N) is 1. The SMILES string of the molecule is CCOc1ccc(C(=O)NC(C(=O)N2CCCCCC2)C(C)C)cc1. The lowest BCUT2D eigenvalue weighted by atomic mass is 10.0. The molecule has 1 heterocycles. The van der Waals surface area contributed by atoms with Gasteiger partial charge in [-0.3, -0.25) is 9.59 Å². The van der Waals surface area contributed by atoms with Gasteiger partial charge in [0.15, 0.2) is 0 Å². The third kappa shape index (κ3) is 5.48. The van der Waals surface area contributed by atoms with Gasteiger partial charge in [0.25, 0.3) is 5.91 Å². The van der Waals surface area contributed by atoms with Crippen LogP contribution in [0.3, 0.4) is 0 Å². The summed E-state index contributed by atoms with van der Waals surface area (Å²) in [4.78, 5) is 27.4. The van der Waals surface area contributed by atoms with Crippen molar-refractivity contribution < 1.29 is 14.3 Å². The van der Waals surface area contributed by atoms with Gasteiger partial charge in [-0.2, -0.15) is 0 Å². The molecule has 1 aliphatic heterocycles. The molecule has 1 aromatic carbocycles. The van der Waals surface area contributed by atoms with Gasteiger partial charge < -0.3 is 15.0 Å². The van der Waals surface area contributed by atoms with Gasteiger partial charge in [0.05, 0.1) is 6.61 Å². The van der Waals surface area contributed by atoms with Crippen molar-refractivity contribution in [3.8, 4) is 5.75 Å². The summed E-state index contributed by atoms with van der Waals surface area (Å²) in [5, 5.41) is 2.93. The van der Waals surface area contributed by atoms with E-state index in [4.69, 9.17) is 4.74 Å². The first kappa shape index (κ1) is 19.3. The monoisotopic (exact) mass is 346 g/mol. The maximum absolute atomic E-state index is 12.9. The minimum absolute atomic E-state index is 0.0381. The molecular formula is C20H30N2O3. The smallest absolute Gasteiger partial charge is 0.251 e. The Morgan fingerprint density at radius 3 is 2.20 bits per heavy atom. The first-order chi connectivity index (χ1) is 12.0. The Morgan fingerprint density at radius 2 is 1.68 bits per heavy atom. The number of carbonyl (C=O) groups excluding carboxylic acids is 2. The third-order valence-corrected chi connectivity index (χ3v) is 4.56. The van der Waals surface area contributed by atoms with Gasteiger partial charge in [0.1, 0.15) is 11.8 Å². The molecule has 1 atom stereocenters. The number of hydrogen-bond acceptors (Lipinski definition) is 3. The van der Waals surface area contributed by atoms with Crippen LogP contribution in [-0.4, -0.2) is 42.5 Å². The summed E-state index contributed by atoms with van der Waals surface area (Å²) in [6, 6.07) is 6.53. The zero-order valence-corrected chi connectivity index (χ0v) is 15.6. The van der Waals surface area contributed by atoms with Gasteiger partial charge in [0, 0.05) is 18.7 Å². The van der Waals surface area contributed by atoms with E-state index in [-0.39, 0.29) is 17.7 Å². The number of rotatable bonds is 6. The van der Waals surface area contributed by atoms with Crippen LogP contribution in [0.25, 0.3) is 0 Å².